The first kappa shape index (κ1) is 16.4. The molecule has 0 aliphatic carbocycles. The fraction of sp³-hybridized carbons (Fsp3) is 0.500. The molecule has 0 heterocycles. The van der Waals surface area contributed by atoms with E-state index in [4.69, 9.17) is 4.74 Å². The quantitative estimate of drug-likeness (QED) is 0.686. The highest BCUT2D eigenvalue weighted by Crippen LogP contribution is 2.18. The number of carbonyl (C=O) groups is 1. The Bertz CT molecular complexity index is 452. The Labute approximate surface area is 117 Å². The molecule has 5 nitrogen and oxygen atoms in total. The molecule has 0 saturated carbocycles. The molecule has 0 aromatic heterocycles. The van der Waals surface area contributed by atoms with Crippen molar-refractivity contribution in [3.63, 3.8) is 0 Å². The van der Waals surface area contributed by atoms with Crippen molar-refractivity contribution >= 4 is 5.91 Å². The summed E-state index contributed by atoms with van der Waals surface area (Å²) >= 11 is 0. The molecule has 112 valence electrons. The number of hydrogen-bond acceptors (Lipinski definition) is 4. The Hall–Kier alpha value is -1.66. The second-order valence-electron chi connectivity index (χ2n) is 4.64. The number of methoxy groups -OCH3 is 1. The van der Waals surface area contributed by atoms with Crippen molar-refractivity contribution in [1.29, 1.82) is 0 Å². The summed E-state index contributed by atoms with van der Waals surface area (Å²) < 4.78 is 18.3. The van der Waals surface area contributed by atoms with Gasteiger partial charge in [-0.1, -0.05) is 13.0 Å². The smallest absolute Gasteiger partial charge is 0.225 e. The summed E-state index contributed by atoms with van der Waals surface area (Å²) in [5.41, 5.74) is -0.552. The first-order valence-corrected chi connectivity index (χ1v) is 6.35. The average molecular weight is 285 g/mol. The molecule has 1 rings (SSSR count). The van der Waals surface area contributed by atoms with E-state index in [9.17, 15) is 19.4 Å². The second-order valence-corrected chi connectivity index (χ2v) is 4.64. The van der Waals surface area contributed by atoms with Gasteiger partial charge in [-0.25, -0.2) is 4.39 Å². The van der Waals surface area contributed by atoms with Gasteiger partial charge in [-0.2, -0.15) is 0 Å². The van der Waals surface area contributed by atoms with Gasteiger partial charge >= 0.3 is 0 Å². The summed E-state index contributed by atoms with van der Waals surface area (Å²) in [6, 6.07) is 4.26. The van der Waals surface area contributed by atoms with Gasteiger partial charge in [-0.15, -0.1) is 0 Å². The van der Waals surface area contributed by atoms with Gasteiger partial charge in [0, 0.05) is 0 Å². The van der Waals surface area contributed by atoms with E-state index in [1.165, 1.54) is 19.2 Å². The van der Waals surface area contributed by atoms with Gasteiger partial charge < -0.3 is 20.3 Å². The van der Waals surface area contributed by atoms with Crippen LogP contribution in [0.25, 0.3) is 0 Å². The molecule has 0 bridgehead atoms. The zero-order valence-corrected chi connectivity index (χ0v) is 11.6. The number of benzene rings is 1. The fourth-order valence-corrected chi connectivity index (χ4v) is 1.79. The lowest BCUT2D eigenvalue weighted by atomic mass is 9.98. The molecule has 0 radical (unpaired) electrons. The molecule has 3 N–H and O–H groups in total. The summed E-state index contributed by atoms with van der Waals surface area (Å²) in [4.78, 5) is 11.9. The monoisotopic (exact) mass is 285 g/mol. The Morgan fingerprint density at radius 3 is 2.50 bits per heavy atom. The van der Waals surface area contributed by atoms with Gasteiger partial charge in [-0.3, -0.25) is 4.79 Å². The van der Waals surface area contributed by atoms with E-state index in [1.807, 2.05) is 0 Å². The van der Waals surface area contributed by atoms with Gasteiger partial charge in [-0.05, 0) is 24.1 Å². The maximum atomic E-state index is 13.5. The number of amides is 1. The molecule has 0 saturated heterocycles. The lowest BCUT2D eigenvalue weighted by molar-refractivity contribution is -0.123. The maximum absolute atomic E-state index is 13.5. The minimum atomic E-state index is -1.04. The van der Waals surface area contributed by atoms with Crippen LogP contribution < -0.4 is 10.1 Å². The van der Waals surface area contributed by atoms with Gasteiger partial charge in [0.2, 0.25) is 5.91 Å². The van der Waals surface area contributed by atoms with Gasteiger partial charge in [0.05, 0.1) is 32.3 Å². The van der Waals surface area contributed by atoms with Crippen LogP contribution in [0.15, 0.2) is 18.2 Å². The minimum Gasteiger partial charge on any atom is -0.494 e. The molecule has 0 unspecified atom stereocenters. The molecule has 0 aliphatic rings. The summed E-state index contributed by atoms with van der Waals surface area (Å²) in [6.45, 7) is 1.03. The van der Waals surface area contributed by atoms with Gasteiger partial charge in [0.1, 0.15) is 0 Å². The molecule has 1 aromatic rings. The Morgan fingerprint density at radius 1 is 1.40 bits per heavy atom. The fourth-order valence-electron chi connectivity index (χ4n) is 1.79. The normalized spacial score (nSPS) is 11.2. The molecule has 20 heavy (non-hydrogen) atoms. The van der Waals surface area contributed by atoms with Gasteiger partial charge in [0.15, 0.2) is 11.6 Å². The molecular formula is C14H20FNO4. The summed E-state index contributed by atoms with van der Waals surface area (Å²) in [5.74, 6) is -0.814. The van der Waals surface area contributed by atoms with E-state index in [0.29, 0.717) is 12.0 Å². The van der Waals surface area contributed by atoms with Crippen molar-refractivity contribution < 1.29 is 24.1 Å². The highest BCUT2D eigenvalue weighted by molar-refractivity contribution is 5.79. The van der Waals surface area contributed by atoms with E-state index in [2.05, 4.69) is 5.32 Å². The molecule has 0 fully saturated rings. The van der Waals surface area contributed by atoms with Crippen molar-refractivity contribution in [3.8, 4) is 5.75 Å². The lowest BCUT2D eigenvalue weighted by Crippen LogP contribution is -2.54. The zero-order chi connectivity index (χ0) is 15.2. The van der Waals surface area contributed by atoms with Crippen molar-refractivity contribution in [2.45, 2.75) is 25.3 Å². The number of rotatable bonds is 7. The average Bonchev–Trinajstić information content (AvgIpc) is 2.45. The standard InChI is InChI=1S/C14H20FNO4/c1-3-14(8-17,9-18)16-13(19)7-10-4-5-12(20-2)11(15)6-10/h4-6,17-18H,3,7-9H2,1-2H3,(H,16,19). The predicted molar refractivity (Wildman–Crippen MR) is 72.0 cm³/mol. The maximum Gasteiger partial charge on any atom is 0.225 e. The van der Waals surface area contributed by atoms with Crippen molar-refractivity contribution in [2.75, 3.05) is 20.3 Å². The number of aliphatic hydroxyl groups is 2. The van der Waals surface area contributed by atoms with Crippen LogP contribution in [-0.4, -0.2) is 42.0 Å². The van der Waals surface area contributed by atoms with Crippen LogP contribution in [0.2, 0.25) is 0 Å². The molecule has 6 heteroatoms. The van der Waals surface area contributed by atoms with E-state index in [0.717, 1.165) is 0 Å². The molecular weight excluding hydrogens is 265 g/mol. The van der Waals surface area contributed by atoms with E-state index >= 15 is 0 Å². The molecule has 0 spiro atoms. The molecule has 1 amide bonds. The van der Waals surface area contributed by atoms with E-state index in [-0.39, 0.29) is 31.3 Å². The van der Waals surface area contributed by atoms with Crippen molar-refractivity contribution in [1.82, 2.24) is 5.32 Å². The van der Waals surface area contributed by atoms with Gasteiger partial charge in [0.25, 0.3) is 0 Å². The molecule has 0 aliphatic heterocycles. The Morgan fingerprint density at radius 2 is 2.05 bits per heavy atom. The topological polar surface area (TPSA) is 78.8 Å². The van der Waals surface area contributed by atoms with Crippen LogP contribution >= 0.6 is 0 Å². The number of ether oxygens (including phenoxy) is 1. The first-order chi connectivity index (χ1) is 9.50. The third-order valence-corrected chi connectivity index (χ3v) is 3.27. The van der Waals surface area contributed by atoms with Crippen LogP contribution in [0.1, 0.15) is 18.9 Å². The van der Waals surface area contributed by atoms with Crippen LogP contribution in [0.4, 0.5) is 4.39 Å². The van der Waals surface area contributed by atoms with Crippen molar-refractivity contribution in [2.24, 2.45) is 0 Å². The Kier molecular flexibility index (Phi) is 5.91. The van der Waals surface area contributed by atoms with Crippen LogP contribution in [-0.2, 0) is 11.2 Å². The number of carbonyl (C=O) groups excluding carboxylic acids is 1. The number of nitrogens with one attached hydrogen (secondary N) is 1. The summed E-state index contributed by atoms with van der Waals surface area (Å²) in [6.07, 6.45) is 0.353. The number of aliphatic hydroxyl groups excluding tert-OH is 2. The first-order valence-electron chi connectivity index (χ1n) is 6.35. The van der Waals surface area contributed by atoms with E-state index < -0.39 is 11.4 Å². The number of halogens is 1. The Balaban J connectivity index is 2.73. The van der Waals surface area contributed by atoms with Crippen molar-refractivity contribution in [3.05, 3.63) is 29.6 Å². The molecule has 0 atom stereocenters. The SMILES string of the molecule is CCC(CO)(CO)NC(=O)Cc1ccc(OC)c(F)c1. The third kappa shape index (κ3) is 3.91. The largest absolute Gasteiger partial charge is 0.494 e. The number of hydrogen-bond donors (Lipinski definition) is 3. The van der Waals surface area contributed by atoms with Crippen LogP contribution in [0.3, 0.4) is 0 Å². The van der Waals surface area contributed by atoms with E-state index in [1.54, 1.807) is 13.0 Å². The van der Waals surface area contributed by atoms with Crippen LogP contribution in [0.5, 0.6) is 5.75 Å². The summed E-state index contributed by atoms with van der Waals surface area (Å²) in [5, 5.41) is 21.1. The minimum absolute atomic E-state index is 0.0390. The molecule has 1 aromatic carbocycles. The third-order valence-electron chi connectivity index (χ3n) is 3.27. The predicted octanol–water partition coefficient (Wildman–Crippen LogP) is 0.626. The highest BCUT2D eigenvalue weighted by Gasteiger charge is 2.28. The van der Waals surface area contributed by atoms with Crippen LogP contribution in [0, 0.1) is 5.82 Å². The summed E-state index contributed by atoms with van der Waals surface area (Å²) in [7, 11) is 1.36. The zero-order valence-electron chi connectivity index (χ0n) is 11.6. The highest BCUT2D eigenvalue weighted by atomic mass is 19.1. The lowest BCUT2D eigenvalue weighted by Gasteiger charge is -2.29. The second kappa shape index (κ2) is 7.21.